The van der Waals surface area contributed by atoms with Gasteiger partial charge in [0.15, 0.2) is 0 Å². The summed E-state index contributed by atoms with van der Waals surface area (Å²) in [6.45, 7) is 11.6. The third-order valence-corrected chi connectivity index (χ3v) is 3.99. The molecule has 2 N–H and O–H groups in total. The number of rotatable bonds is 3. The van der Waals surface area contributed by atoms with E-state index in [4.69, 9.17) is 4.74 Å². The molecule has 1 aliphatic heterocycles. The van der Waals surface area contributed by atoms with E-state index in [1.807, 2.05) is 46.8 Å². The smallest absolute Gasteiger partial charge is 0.410 e. The van der Waals surface area contributed by atoms with Crippen molar-refractivity contribution in [3.63, 3.8) is 0 Å². The lowest BCUT2D eigenvalue weighted by atomic mass is 10.1. The molecule has 2 rings (SSSR count). The van der Waals surface area contributed by atoms with Crippen LogP contribution >= 0.6 is 0 Å². The number of aryl methyl sites for hydroxylation is 2. The van der Waals surface area contributed by atoms with Gasteiger partial charge in [0.25, 0.3) is 0 Å². The van der Waals surface area contributed by atoms with Gasteiger partial charge in [0, 0.05) is 25.7 Å². The second-order valence-electron chi connectivity index (χ2n) is 7.37. The number of hydrogen-bond donors (Lipinski definition) is 2. The average molecular weight is 320 g/mol. The molecule has 0 aliphatic carbocycles. The van der Waals surface area contributed by atoms with Crippen molar-refractivity contribution >= 4 is 6.09 Å². The highest BCUT2D eigenvalue weighted by atomic mass is 16.6. The molecular formula is C18H28N2O3. The quantitative estimate of drug-likeness (QED) is 0.898. The van der Waals surface area contributed by atoms with Crippen molar-refractivity contribution in [2.75, 3.05) is 13.1 Å². The Balaban J connectivity index is 1.85. The van der Waals surface area contributed by atoms with Crippen LogP contribution in [0.15, 0.2) is 12.1 Å². The first kappa shape index (κ1) is 17.6. The van der Waals surface area contributed by atoms with Crippen LogP contribution in [0.25, 0.3) is 0 Å². The SMILES string of the molecule is Cc1cc(CNC2CCN(C(=O)OC(C)(C)C)C2)cc(C)c1O. The number of aromatic hydroxyl groups is 1. The highest BCUT2D eigenvalue weighted by Gasteiger charge is 2.29. The summed E-state index contributed by atoms with van der Waals surface area (Å²) in [4.78, 5) is 13.8. The minimum Gasteiger partial charge on any atom is -0.507 e. The van der Waals surface area contributed by atoms with Crippen LogP contribution in [0.1, 0.15) is 43.9 Å². The molecule has 1 aromatic carbocycles. The summed E-state index contributed by atoms with van der Waals surface area (Å²) in [7, 11) is 0. The molecule has 1 aromatic rings. The van der Waals surface area contributed by atoms with Crippen molar-refractivity contribution in [2.24, 2.45) is 0 Å². The lowest BCUT2D eigenvalue weighted by Crippen LogP contribution is -2.38. The average Bonchev–Trinajstić information content (AvgIpc) is 2.89. The summed E-state index contributed by atoms with van der Waals surface area (Å²) in [5.41, 5.74) is 2.48. The zero-order valence-electron chi connectivity index (χ0n) is 14.8. The van der Waals surface area contributed by atoms with Gasteiger partial charge >= 0.3 is 6.09 Å². The molecule has 5 nitrogen and oxygen atoms in total. The van der Waals surface area contributed by atoms with E-state index >= 15 is 0 Å². The largest absolute Gasteiger partial charge is 0.507 e. The first-order valence-corrected chi connectivity index (χ1v) is 8.16. The number of phenolic OH excluding ortho intramolecular Hbond substituents is 1. The maximum absolute atomic E-state index is 12.1. The van der Waals surface area contributed by atoms with Crippen LogP contribution in [-0.4, -0.2) is 40.8 Å². The number of carbonyl (C=O) groups is 1. The van der Waals surface area contributed by atoms with E-state index < -0.39 is 5.60 Å². The van der Waals surface area contributed by atoms with E-state index in [0.717, 1.165) is 36.2 Å². The fourth-order valence-electron chi connectivity index (χ4n) is 2.83. The maximum Gasteiger partial charge on any atom is 0.410 e. The number of hydrogen-bond acceptors (Lipinski definition) is 4. The molecule has 1 unspecified atom stereocenters. The normalized spacial score (nSPS) is 18.3. The number of phenols is 1. The second kappa shape index (κ2) is 6.79. The van der Waals surface area contributed by atoms with E-state index in [2.05, 4.69) is 5.32 Å². The third kappa shape index (κ3) is 4.86. The molecule has 5 heteroatoms. The third-order valence-electron chi connectivity index (χ3n) is 3.99. The Bertz CT molecular complexity index is 555. The van der Waals surface area contributed by atoms with Crippen LogP contribution in [0, 0.1) is 13.8 Å². The Hall–Kier alpha value is -1.75. The van der Waals surface area contributed by atoms with Gasteiger partial charge in [0.2, 0.25) is 0 Å². The molecule has 23 heavy (non-hydrogen) atoms. The first-order chi connectivity index (χ1) is 10.7. The van der Waals surface area contributed by atoms with Crippen molar-refractivity contribution in [3.05, 3.63) is 28.8 Å². The Labute approximate surface area is 138 Å². The van der Waals surface area contributed by atoms with Gasteiger partial charge in [-0.2, -0.15) is 0 Å². The first-order valence-electron chi connectivity index (χ1n) is 8.16. The Morgan fingerprint density at radius 1 is 1.35 bits per heavy atom. The molecule has 1 heterocycles. The van der Waals surface area contributed by atoms with Crippen LogP contribution in [0.4, 0.5) is 4.79 Å². The summed E-state index contributed by atoms with van der Waals surface area (Å²) in [5, 5.41) is 13.3. The molecule has 0 aromatic heterocycles. The van der Waals surface area contributed by atoms with Gasteiger partial charge in [0.05, 0.1) is 0 Å². The van der Waals surface area contributed by atoms with Gasteiger partial charge in [-0.1, -0.05) is 12.1 Å². The van der Waals surface area contributed by atoms with Gasteiger partial charge < -0.3 is 20.1 Å². The number of amides is 1. The van der Waals surface area contributed by atoms with Crippen LogP contribution in [-0.2, 0) is 11.3 Å². The van der Waals surface area contributed by atoms with E-state index in [-0.39, 0.29) is 12.1 Å². The summed E-state index contributed by atoms with van der Waals surface area (Å²) in [6, 6.07) is 4.27. The number of likely N-dealkylation sites (tertiary alicyclic amines) is 1. The highest BCUT2D eigenvalue weighted by molar-refractivity contribution is 5.68. The second-order valence-corrected chi connectivity index (χ2v) is 7.37. The van der Waals surface area contributed by atoms with Crippen molar-refractivity contribution in [1.82, 2.24) is 10.2 Å². The number of nitrogens with zero attached hydrogens (tertiary/aromatic N) is 1. The van der Waals surface area contributed by atoms with Gasteiger partial charge in [0.1, 0.15) is 11.4 Å². The molecule has 1 saturated heterocycles. The molecule has 1 fully saturated rings. The molecule has 1 aliphatic rings. The lowest BCUT2D eigenvalue weighted by Gasteiger charge is -2.24. The van der Waals surface area contributed by atoms with Gasteiger partial charge in [-0.15, -0.1) is 0 Å². The maximum atomic E-state index is 12.1. The summed E-state index contributed by atoms with van der Waals surface area (Å²) >= 11 is 0. The van der Waals surface area contributed by atoms with Crippen molar-refractivity contribution < 1.29 is 14.6 Å². The molecule has 1 amide bonds. The predicted molar refractivity (Wildman–Crippen MR) is 90.6 cm³/mol. The Morgan fingerprint density at radius 3 is 2.52 bits per heavy atom. The fraction of sp³-hybridized carbons (Fsp3) is 0.611. The monoisotopic (exact) mass is 320 g/mol. The van der Waals surface area contributed by atoms with Crippen molar-refractivity contribution in [2.45, 2.75) is 59.2 Å². The van der Waals surface area contributed by atoms with Crippen LogP contribution < -0.4 is 5.32 Å². The zero-order valence-corrected chi connectivity index (χ0v) is 14.8. The van der Waals surface area contributed by atoms with Gasteiger partial charge in [-0.05, 0) is 57.7 Å². The molecule has 1 atom stereocenters. The molecule has 0 spiro atoms. The summed E-state index contributed by atoms with van der Waals surface area (Å²) < 4.78 is 5.41. The van der Waals surface area contributed by atoms with Gasteiger partial charge in [-0.3, -0.25) is 0 Å². The number of ether oxygens (including phenoxy) is 1. The molecule has 128 valence electrons. The Kier molecular flexibility index (Phi) is 5.19. The Morgan fingerprint density at radius 2 is 1.96 bits per heavy atom. The van der Waals surface area contributed by atoms with Crippen molar-refractivity contribution in [1.29, 1.82) is 0 Å². The summed E-state index contributed by atoms with van der Waals surface area (Å²) in [6.07, 6.45) is 0.688. The van der Waals surface area contributed by atoms with Crippen LogP contribution in [0.2, 0.25) is 0 Å². The van der Waals surface area contributed by atoms with Gasteiger partial charge in [-0.25, -0.2) is 4.79 Å². The predicted octanol–water partition coefficient (Wildman–Crippen LogP) is 3.11. The highest BCUT2D eigenvalue weighted by Crippen LogP contribution is 2.23. The van der Waals surface area contributed by atoms with Crippen LogP contribution in [0.3, 0.4) is 0 Å². The number of nitrogens with one attached hydrogen (secondary N) is 1. The molecule has 0 radical (unpaired) electrons. The summed E-state index contributed by atoms with van der Waals surface area (Å²) in [5.74, 6) is 0.366. The van der Waals surface area contributed by atoms with E-state index in [1.165, 1.54) is 0 Å². The van der Waals surface area contributed by atoms with E-state index in [9.17, 15) is 9.90 Å². The molecular weight excluding hydrogens is 292 g/mol. The number of benzene rings is 1. The topological polar surface area (TPSA) is 61.8 Å². The van der Waals surface area contributed by atoms with Crippen LogP contribution in [0.5, 0.6) is 5.75 Å². The molecule has 0 bridgehead atoms. The zero-order chi connectivity index (χ0) is 17.2. The standard InChI is InChI=1S/C18H28N2O3/c1-12-8-14(9-13(2)16(12)21)10-19-15-6-7-20(11-15)17(22)23-18(3,4)5/h8-9,15,19,21H,6-7,10-11H2,1-5H3. The fourth-order valence-corrected chi connectivity index (χ4v) is 2.83. The molecule has 0 saturated carbocycles. The minimum atomic E-state index is -0.455. The van der Waals surface area contributed by atoms with Crippen molar-refractivity contribution in [3.8, 4) is 5.75 Å². The van der Waals surface area contributed by atoms with E-state index in [0.29, 0.717) is 12.3 Å². The van der Waals surface area contributed by atoms with E-state index in [1.54, 1.807) is 4.90 Å². The lowest BCUT2D eigenvalue weighted by molar-refractivity contribution is 0.0291. The number of carbonyl (C=O) groups excluding carboxylic acids is 1. The minimum absolute atomic E-state index is 0.238.